The van der Waals surface area contributed by atoms with Crippen molar-refractivity contribution in [3.8, 4) is 5.75 Å². The second-order valence-electron chi connectivity index (χ2n) is 4.42. The van der Waals surface area contributed by atoms with E-state index in [0.717, 1.165) is 32.6 Å². The highest BCUT2D eigenvalue weighted by Gasteiger charge is 2.08. The monoisotopic (exact) mass is 331 g/mol. The first-order chi connectivity index (χ1) is 9.78. The predicted molar refractivity (Wildman–Crippen MR) is 84.2 cm³/mol. The maximum atomic E-state index is 5.85. The molecular formula is C16H14BrNO2. The summed E-state index contributed by atoms with van der Waals surface area (Å²) in [5.41, 5.74) is 1.83. The lowest BCUT2D eigenvalue weighted by molar-refractivity contribution is 0.408. The number of rotatable bonds is 4. The maximum Gasteiger partial charge on any atom is 0.176 e. The van der Waals surface area contributed by atoms with Gasteiger partial charge in [0.1, 0.15) is 5.76 Å². The topological polar surface area (TPSA) is 34.4 Å². The summed E-state index contributed by atoms with van der Waals surface area (Å²) in [7, 11) is 1.65. The number of methoxy groups -OCH3 is 1. The molecule has 0 bridgehead atoms. The molecule has 0 radical (unpaired) electrons. The number of fused-ring (bicyclic) bond motifs is 1. The van der Waals surface area contributed by atoms with Crippen molar-refractivity contribution in [3.05, 3.63) is 58.8 Å². The summed E-state index contributed by atoms with van der Waals surface area (Å²) in [5, 5.41) is 4.40. The van der Waals surface area contributed by atoms with Gasteiger partial charge in [0, 0.05) is 15.5 Å². The Kier molecular flexibility index (Phi) is 3.65. The van der Waals surface area contributed by atoms with Crippen LogP contribution in [0.2, 0.25) is 0 Å². The zero-order valence-corrected chi connectivity index (χ0v) is 12.6. The molecule has 1 N–H and O–H groups in total. The molecule has 0 fully saturated rings. The van der Waals surface area contributed by atoms with Crippen molar-refractivity contribution in [3.63, 3.8) is 0 Å². The Morgan fingerprint density at radius 2 is 2.00 bits per heavy atom. The molecule has 4 heteroatoms. The van der Waals surface area contributed by atoms with Gasteiger partial charge in [-0.2, -0.15) is 0 Å². The quantitative estimate of drug-likeness (QED) is 0.744. The van der Waals surface area contributed by atoms with E-state index in [2.05, 4.69) is 21.2 Å². The molecule has 3 rings (SSSR count). The molecule has 2 aromatic carbocycles. The van der Waals surface area contributed by atoms with Gasteiger partial charge in [-0.05, 0) is 40.2 Å². The van der Waals surface area contributed by atoms with Crippen molar-refractivity contribution in [1.29, 1.82) is 0 Å². The average molecular weight is 332 g/mol. The Morgan fingerprint density at radius 3 is 2.80 bits per heavy atom. The van der Waals surface area contributed by atoms with Gasteiger partial charge >= 0.3 is 0 Å². The van der Waals surface area contributed by atoms with Crippen LogP contribution in [0, 0.1) is 0 Å². The van der Waals surface area contributed by atoms with Crippen molar-refractivity contribution in [2.24, 2.45) is 0 Å². The van der Waals surface area contributed by atoms with Gasteiger partial charge in [0.2, 0.25) is 0 Å². The highest BCUT2D eigenvalue weighted by Crippen LogP contribution is 2.29. The molecule has 0 atom stereocenters. The highest BCUT2D eigenvalue weighted by molar-refractivity contribution is 9.10. The van der Waals surface area contributed by atoms with Crippen molar-refractivity contribution in [2.45, 2.75) is 6.54 Å². The fraction of sp³-hybridized carbons (Fsp3) is 0.125. The fourth-order valence-corrected chi connectivity index (χ4v) is 2.55. The van der Waals surface area contributed by atoms with E-state index in [4.69, 9.17) is 9.15 Å². The zero-order chi connectivity index (χ0) is 13.9. The van der Waals surface area contributed by atoms with Crippen LogP contribution in [-0.4, -0.2) is 7.11 Å². The van der Waals surface area contributed by atoms with E-state index in [-0.39, 0.29) is 0 Å². The summed E-state index contributed by atoms with van der Waals surface area (Å²) >= 11 is 3.51. The van der Waals surface area contributed by atoms with Crippen molar-refractivity contribution in [1.82, 2.24) is 0 Å². The van der Waals surface area contributed by atoms with Gasteiger partial charge in [0.05, 0.1) is 13.7 Å². The van der Waals surface area contributed by atoms with Crippen LogP contribution in [0.3, 0.4) is 0 Å². The second kappa shape index (κ2) is 5.59. The van der Waals surface area contributed by atoms with E-state index in [9.17, 15) is 0 Å². The van der Waals surface area contributed by atoms with Crippen LogP contribution < -0.4 is 10.1 Å². The molecule has 0 spiro atoms. The van der Waals surface area contributed by atoms with Crippen LogP contribution in [0.25, 0.3) is 11.0 Å². The number of nitrogens with one attached hydrogen (secondary N) is 1. The number of halogens is 1. The average Bonchev–Trinajstić information content (AvgIpc) is 2.89. The molecule has 1 heterocycles. The number of anilines is 1. The fourth-order valence-electron chi connectivity index (χ4n) is 2.12. The summed E-state index contributed by atoms with van der Waals surface area (Å²) in [6.45, 7) is 0.625. The van der Waals surface area contributed by atoms with Gasteiger partial charge in [-0.1, -0.05) is 24.3 Å². The van der Waals surface area contributed by atoms with Gasteiger partial charge < -0.3 is 14.5 Å². The Balaban J connectivity index is 1.83. The lowest BCUT2D eigenvalue weighted by Gasteiger charge is -2.06. The molecule has 0 unspecified atom stereocenters. The number of hydrogen-bond donors (Lipinski definition) is 1. The van der Waals surface area contributed by atoms with Crippen molar-refractivity contribution >= 4 is 32.6 Å². The van der Waals surface area contributed by atoms with E-state index >= 15 is 0 Å². The van der Waals surface area contributed by atoms with Crippen LogP contribution in [0.1, 0.15) is 5.76 Å². The van der Waals surface area contributed by atoms with E-state index in [0.29, 0.717) is 6.54 Å². The van der Waals surface area contributed by atoms with Crippen LogP contribution >= 0.6 is 15.9 Å². The molecule has 0 saturated heterocycles. The highest BCUT2D eigenvalue weighted by atomic mass is 79.9. The number of para-hydroxylation sites is 2. The number of benzene rings is 2. The zero-order valence-electron chi connectivity index (χ0n) is 11.0. The lowest BCUT2D eigenvalue weighted by Crippen LogP contribution is -1.98. The van der Waals surface area contributed by atoms with Gasteiger partial charge in [0.25, 0.3) is 0 Å². The maximum absolute atomic E-state index is 5.85. The van der Waals surface area contributed by atoms with Crippen LogP contribution in [0.15, 0.2) is 57.4 Å². The van der Waals surface area contributed by atoms with Gasteiger partial charge in [-0.25, -0.2) is 0 Å². The molecule has 1 aromatic heterocycles. The van der Waals surface area contributed by atoms with Gasteiger partial charge in [0.15, 0.2) is 11.3 Å². The van der Waals surface area contributed by atoms with Crippen LogP contribution in [0.4, 0.5) is 5.69 Å². The van der Waals surface area contributed by atoms with Crippen LogP contribution in [0.5, 0.6) is 5.75 Å². The molecule has 102 valence electrons. The summed E-state index contributed by atoms with van der Waals surface area (Å²) in [4.78, 5) is 0. The Bertz CT molecular complexity index is 736. The molecular weight excluding hydrogens is 318 g/mol. The molecule has 20 heavy (non-hydrogen) atoms. The predicted octanol–water partition coefficient (Wildman–Crippen LogP) is 4.82. The van der Waals surface area contributed by atoms with E-state index in [1.807, 2.05) is 48.5 Å². The van der Waals surface area contributed by atoms with Crippen molar-refractivity contribution in [2.75, 3.05) is 12.4 Å². The number of furan rings is 1. The Hall–Kier alpha value is -1.94. The van der Waals surface area contributed by atoms with E-state index in [1.165, 1.54) is 0 Å². The number of hydrogen-bond acceptors (Lipinski definition) is 3. The molecule has 0 aliphatic rings. The second-order valence-corrected chi connectivity index (χ2v) is 5.28. The SMILES string of the molecule is COc1cccc2cc(CNc3ccccc3Br)oc12. The molecule has 0 amide bonds. The number of ether oxygens (including phenoxy) is 1. The first kappa shape index (κ1) is 13.1. The van der Waals surface area contributed by atoms with Crippen molar-refractivity contribution < 1.29 is 9.15 Å². The standard InChI is InChI=1S/C16H14BrNO2/c1-19-15-8-4-5-11-9-12(20-16(11)15)10-18-14-7-3-2-6-13(14)17/h2-9,18H,10H2,1H3. The molecule has 0 aliphatic carbocycles. The van der Waals surface area contributed by atoms with E-state index < -0.39 is 0 Å². The van der Waals surface area contributed by atoms with Gasteiger partial charge in [-0.15, -0.1) is 0 Å². The molecule has 0 aliphatic heterocycles. The molecule has 3 nitrogen and oxygen atoms in total. The lowest BCUT2D eigenvalue weighted by atomic mass is 10.2. The Labute approximate surface area is 125 Å². The third-order valence-corrected chi connectivity index (χ3v) is 3.80. The third kappa shape index (κ3) is 2.51. The largest absolute Gasteiger partial charge is 0.493 e. The summed E-state index contributed by atoms with van der Waals surface area (Å²) in [6, 6.07) is 15.9. The summed E-state index contributed by atoms with van der Waals surface area (Å²) in [5.74, 6) is 1.63. The first-order valence-electron chi connectivity index (χ1n) is 6.32. The normalized spacial score (nSPS) is 10.7. The summed E-state index contributed by atoms with van der Waals surface area (Å²) in [6.07, 6.45) is 0. The van der Waals surface area contributed by atoms with Crippen LogP contribution in [-0.2, 0) is 6.54 Å². The minimum absolute atomic E-state index is 0.625. The van der Waals surface area contributed by atoms with Gasteiger partial charge in [-0.3, -0.25) is 0 Å². The third-order valence-electron chi connectivity index (χ3n) is 3.11. The first-order valence-corrected chi connectivity index (χ1v) is 7.11. The summed E-state index contributed by atoms with van der Waals surface area (Å²) < 4.78 is 12.2. The van der Waals surface area contributed by atoms with E-state index in [1.54, 1.807) is 7.11 Å². The Morgan fingerprint density at radius 1 is 1.15 bits per heavy atom. The minimum atomic E-state index is 0.625. The minimum Gasteiger partial charge on any atom is -0.493 e. The molecule has 0 saturated carbocycles. The smallest absolute Gasteiger partial charge is 0.176 e. The molecule has 3 aromatic rings.